The summed E-state index contributed by atoms with van der Waals surface area (Å²) >= 11 is 0. The van der Waals surface area contributed by atoms with E-state index in [1.54, 1.807) is 13.8 Å². The van der Waals surface area contributed by atoms with Gasteiger partial charge in [0.1, 0.15) is 0 Å². The summed E-state index contributed by atoms with van der Waals surface area (Å²) in [6.07, 6.45) is 3.92. The molecule has 0 heterocycles. The molecule has 3 nitrogen and oxygen atoms in total. The Hall–Kier alpha value is -0.860. The molecule has 0 rings (SSSR count). The first-order valence-corrected chi connectivity index (χ1v) is 4.76. The molecule has 3 heteroatoms. The van der Waals surface area contributed by atoms with Gasteiger partial charge in [-0.1, -0.05) is 40.0 Å². The van der Waals surface area contributed by atoms with Crippen molar-refractivity contribution < 1.29 is 9.59 Å². The van der Waals surface area contributed by atoms with Gasteiger partial charge >= 0.3 is 0 Å². The number of primary amides is 1. The van der Waals surface area contributed by atoms with Gasteiger partial charge in [0.05, 0.1) is 0 Å². The summed E-state index contributed by atoms with van der Waals surface area (Å²) in [5, 5.41) is 0. The van der Waals surface area contributed by atoms with Crippen LogP contribution in [-0.4, -0.2) is 11.7 Å². The molecule has 76 valence electrons. The van der Waals surface area contributed by atoms with E-state index in [2.05, 4.69) is 6.92 Å². The number of Topliss-reactive ketones (excluding diaryl/α,β-unsaturated/α-hetero) is 1. The smallest absolute Gasteiger partial charge is 0.285 e. The molecule has 0 unspecified atom stereocenters. The van der Waals surface area contributed by atoms with Gasteiger partial charge in [0.25, 0.3) is 5.91 Å². The second-order valence-electron chi connectivity index (χ2n) is 4.03. The standard InChI is InChI=1S/C10H19NO2/c1-4-5-6-7-10(2,3)8(12)9(11)13/h4-7H2,1-3H3,(H2,11,13). The van der Waals surface area contributed by atoms with Crippen LogP contribution in [0, 0.1) is 5.41 Å². The Labute approximate surface area is 79.7 Å². The average Bonchev–Trinajstić information content (AvgIpc) is 2.03. The number of ketones is 1. The molecule has 0 aliphatic carbocycles. The van der Waals surface area contributed by atoms with Gasteiger partial charge in [-0.3, -0.25) is 9.59 Å². The number of unbranched alkanes of at least 4 members (excludes halogenated alkanes) is 2. The Morgan fingerprint density at radius 2 is 1.77 bits per heavy atom. The fraction of sp³-hybridized carbons (Fsp3) is 0.800. The summed E-state index contributed by atoms with van der Waals surface area (Å²) in [6, 6.07) is 0. The summed E-state index contributed by atoms with van der Waals surface area (Å²) in [5.41, 5.74) is 4.36. The number of nitrogens with two attached hydrogens (primary N) is 1. The van der Waals surface area contributed by atoms with E-state index in [1.165, 1.54) is 0 Å². The van der Waals surface area contributed by atoms with Crippen LogP contribution in [-0.2, 0) is 9.59 Å². The van der Waals surface area contributed by atoms with E-state index in [-0.39, 0.29) is 0 Å². The van der Waals surface area contributed by atoms with Gasteiger partial charge in [-0.25, -0.2) is 0 Å². The van der Waals surface area contributed by atoms with Crippen molar-refractivity contribution in [3.05, 3.63) is 0 Å². The quantitative estimate of drug-likeness (QED) is 0.505. The van der Waals surface area contributed by atoms with Gasteiger partial charge in [0, 0.05) is 5.41 Å². The van der Waals surface area contributed by atoms with E-state index < -0.39 is 17.1 Å². The van der Waals surface area contributed by atoms with Crippen LogP contribution in [0.4, 0.5) is 0 Å². The van der Waals surface area contributed by atoms with Crippen LogP contribution in [0.1, 0.15) is 46.5 Å². The fourth-order valence-corrected chi connectivity index (χ4v) is 1.26. The van der Waals surface area contributed by atoms with Gasteiger partial charge in [-0.15, -0.1) is 0 Å². The monoisotopic (exact) mass is 185 g/mol. The average molecular weight is 185 g/mol. The van der Waals surface area contributed by atoms with Crippen molar-refractivity contribution in [3.8, 4) is 0 Å². The first-order chi connectivity index (χ1) is 5.91. The zero-order chi connectivity index (χ0) is 10.5. The molecule has 0 aromatic heterocycles. The zero-order valence-electron chi connectivity index (χ0n) is 8.72. The number of hydrogen-bond donors (Lipinski definition) is 1. The number of carbonyl (C=O) groups excluding carboxylic acids is 2. The summed E-state index contributed by atoms with van der Waals surface area (Å²) in [5.74, 6) is -1.27. The maximum Gasteiger partial charge on any atom is 0.285 e. The van der Waals surface area contributed by atoms with E-state index in [4.69, 9.17) is 5.73 Å². The molecule has 0 aromatic rings. The first kappa shape index (κ1) is 12.1. The lowest BCUT2D eigenvalue weighted by atomic mass is 9.82. The number of amides is 1. The maximum absolute atomic E-state index is 11.3. The molecule has 0 aliphatic rings. The van der Waals surface area contributed by atoms with E-state index >= 15 is 0 Å². The van der Waals surface area contributed by atoms with Crippen LogP contribution in [0.5, 0.6) is 0 Å². The predicted molar refractivity (Wildman–Crippen MR) is 52.1 cm³/mol. The molecule has 13 heavy (non-hydrogen) atoms. The minimum atomic E-state index is -0.818. The molecule has 0 spiro atoms. The van der Waals surface area contributed by atoms with Crippen molar-refractivity contribution in [1.29, 1.82) is 0 Å². The second-order valence-corrected chi connectivity index (χ2v) is 4.03. The fourth-order valence-electron chi connectivity index (χ4n) is 1.26. The molecular formula is C10H19NO2. The topological polar surface area (TPSA) is 60.2 Å². The van der Waals surface area contributed by atoms with Gasteiger partial charge in [0.2, 0.25) is 5.78 Å². The van der Waals surface area contributed by atoms with Crippen LogP contribution >= 0.6 is 0 Å². The molecule has 0 fully saturated rings. The van der Waals surface area contributed by atoms with E-state index in [1.807, 2.05) is 0 Å². The third kappa shape index (κ3) is 4.06. The summed E-state index contributed by atoms with van der Waals surface area (Å²) < 4.78 is 0. The van der Waals surface area contributed by atoms with Gasteiger partial charge in [-0.2, -0.15) is 0 Å². The van der Waals surface area contributed by atoms with Crippen molar-refractivity contribution in [1.82, 2.24) is 0 Å². The van der Waals surface area contributed by atoms with Gasteiger partial charge in [0.15, 0.2) is 0 Å². The van der Waals surface area contributed by atoms with Crippen LogP contribution in [0.2, 0.25) is 0 Å². The number of rotatable bonds is 6. The summed E-state index contributed by atoms with van der Waals surface area (Å²) in [7, 11) is 0. The maximum atomic E-state index is 11.3. The van der Waals surface area contributed by atoms with Crippen LogP contribution in [0.15, 0.2) is 0 Å². The molecule has 0 saturated heterocycles. The molecule has 0 aliphatic heterocycles. The van der Waals surface area contributed by atoms with Gasteiger partial charge in [-0.05, 0) is 6.42 Å². The van der Waals surface area contributed by atoms with Crippen molar-refractivity contribution in [2.75, 3.05) is 0 Å². The highest BCUT2D eigenvalue weighted by molar-refractivity contribution is 6.37. The second kappa shape index (κ2) is 5.00. The van der Waals surface area contributed by atoms with Crippen LogP contribution in [0.3, 0.4) is 0 Å². The molecule has 0 aromatic carbocycles. The molecule has 0 saturated carbocycles. The van der Waals surface area contributed by atoms with Crippen molar-refractivity contribution in [2.45, 2.75) is 46.5 Å². The normalized spacial score (nSPS) is 11.3. The lowest BCUT2D eigenvalue weighted by molar-refractivity contribution is -0.141. The number of carbonyl (C=O) groups is 2. The van der Waals surface area contributed by atoms with Crippen LogP contribution in [0.25, 0.3) is 0 Å². The van der Waals surface area contributed by atoms with Crippen molar-refractivity contribution in [3.63, 3.8) is 0 Å². The Bertz CT molecular complexity index is 197. The molecule has 0 radical (unpaired) electrons. The minimum absolute atomic E-state index is 0.455. The Balaban J connectivity index is 4.06. The zero-order valence-corrected chi connectivity index (χ0v) is 8.72. The van der Waals surface area contributed by atoms with Crippen LogP contribution < -0.4 is 5.73 Å². The SMILES string of the molecule is CCCCCC(C)(C)C(=O)C(N)=O. The Morgan fingerprint density at radius 1 is 1.23 bits per heavy atom. The third-order valence-corrected chi connectivity index (χ3v) is 2.24. The molecule has 2 N–H and O–H groups in total. The molecule has 1 amide bonds. The molecule has 0 bridgehead atoms. The van der Waals surface area contributed by atoms with E-state index in [0.717, 1.165) is 25.7 Å². The minimum Gasteiger partial charge on any atom is -0.363 e. The lowest BCUT2D eigenvalue weighted by Crippen LogP contribution is -2.36. The largest absolute Gasteiger partial charge is 0.363 e. The Kier molecular flexibility index (Phi) is 4.67. The van der Waals surface area contributed by atoms with E-state index in [9.17, 15) is 9.59 Å². The summed E-state index contributed by atoms with van der Waals surface area (Å²) in [6.45, 7) is 5.65. The first-order valence-electron chi connectivity index (χ1n) is 4.76. The highest BCUT2D eigenvalue weighted by atomic mass is 16.2. The number of hydrogen-bond acceptors (Lipinski definition) is 2. The highest BCUT2D eigenvalue weighted by Crippen LogP contribution is 2.24. The summed E-state index contributed by atoms with van der Waals surface area (Å²) in [4.78, 5) is 21.9. The lowest BCUT2D eigenvalue weighted by Gasteiger charge is -2.20. The predicted octanol–water partition coefficient (Wildman–Crippen LogP) is 1.65. The third-order valence-electron chi connectivity index (χ3n) is 2.24. The van der Waals surface area contributed by atoms with Gasteiger partial charge < -0.3 is 5.73 Å². The molecular weight excluding hydrogens is 166 g/mol. The van der Waals surface area contributed by atoms with Crippen molar-refractivity contribution >= 4 is 11.7 Å². The molecule has 0 atom stereocenters. The van der Waals surface area contributed by atoms with E-state index in [0.29, 0.717) is 0 Å². The Morgan fingerprint density at radius 3 is 2.15 bits per heavy atom. The highest BCUT2D eigenvalue weighted by Gasteiger charge is 2.30. The van der Waals surface area contributed by atoms with Crippen molar-refractivity contribution in [2.24, 2.45) is 11.1 Å².